The number of nitrogens with zero attached hydrogens (tertiary/aromatic N) is 2. The minimum absolute atomic E-state index is 0.342. The Morgan fingerprint density at radius 2 is 2.05 bits per heavy atom. The number of nitrogens with one attached hydrogen (secondary N) is 1. The molecular formula is C15H21N3O. The summed E-state index contributed by atoms with van der Waals surface area (Å²) < 4.78 is 7.14. The standard InChI is InChI=1S/C15H21N3O/c1-12(16-2)14-10-17-18(11-14)9-8-13-4-6-15(19-3)7-5-13/h4-7,10-12,16H,8-9H2,1-3H3. The van der Waals surface area contributed by atoms with Gasteiger partial charge in [0.2, 0.25) is 0 Å². The molecule has 0 fully saturated rings. The summed E-state index contributed by atoms with van der Waals surface area (Å²) in [4.78, 5) is 0. The van der Waals surface area contributed by atoms with Gasteiger partial charge in [0.25, 0.3) is 0 Å². The molecule has 4 heteroatoms. The van der Waals surface area contributed by atoms with E-state index in [0.717, 1.165) is 18.7 Å². The van der Waals surface area contributed by atoms with Gasteiger partial charge in [-0.15, -0.1) is 0 Å². The second-order valence-corrected chi connectivity index (χ2v) is 4.65. The molecule has 0 spiro atoms. The molecule has 0 aliphatic heterocycles. The zero-order valence-electron chi connectivity index (χ0n) is 11.8. The Labute approximate surface area is 114 Å². The first-order valence-electron chi connectivity index (χ1n) is 6.55. The summed E-state index contributed by atoms with van der Waals surface area (Å²) in [6, 6.07) is 8.52. The van der Waals surface area contributed by atoms with Gasteiger partial charge in [-0.1, -0.05) is 12.1 Å². The van der Waals surface area contributed by atoms with Gasteiger partial charge in [0.05, 0.1) is 13.3 Å². The molecule has 1 unspecified atom stereocenters. The second-order valence-electron chi connectivity index (χ2n) is 4.65. The van der Waals surface area contributed by atoms with Crippen molar-refractivity contribution in [1.29, 1.82) is 0 Å². The van der Waals surface area contributed by atoms with Crippen LogP contribution in [-0.4, -0.2) is 23.9 Å². The molecule has 19 heavy (non-hydrogen) atoms. The lowest BCUT2D eigenvalue weighted by Gasteiger charge is -2.06. The molecule has 4 nitrogen and oxygen atoms in total. The number of benzene rings is 1. The number of methoxy groups -OCH3 is 1. The predicted octanol–water partition coefficient (Wildman–Crippen LogP) is 2.41. The van der Waals surface area contributed by atoms with E-state index in [1.165, 1.54) is 11.1 Å². The Kier molecular flexibility index (Phi) is 4.58. The van der Waals surface area contributed by atoms with E-state index in [1.54, 1.807) is 7.11 Å². The van der Waals surface area contributed by atoms with Crippen LogP contribution in [0.15, 0.2) is 36.7 Å². The maximum Gasteiger partial charge on any atom is 0.118 e. The summed E-state index contributed by atoms with van der Waals surface area (Å²) >= 11 is 0. The number of aryl methyl sites for hydroxylation is 2. The summed E-state index contributed by atoms with van der Waals surface area (Å²) in [6.07, 6.45) is 5.00. The summed E-state index contributed by atoms with van der Waals surface area (Å²) in [5.74, 6) is 0.896. The highest BCUT2D eigenvalue weighted by atomic mass is 16.5. The fraction of sp³-hybridized carbons (Fsp3) is 0.400. The van der Waals surface area contributed by atoms with Gasteiger partial charge in [-0.2, -0.15) is 5.10 Å². The van der Waals surface area contributed by atoms with E-state index in [1.807, 2.05) is 30.1 Å². The molecule has 0 saturated heterocycles. The number of hydrogen-bond donors (Lipinski definition) is 1. The van der Waals surface area contributed by atoms with Crippen molar-refractivity contribution < 1.29 is 4.74 Å². The third-order valence-corrected chi connectivity index (χ3v) is 3.37. The minimum Gasteiger partial charge on any atom is -0.497 e. The second kappa shape index (κ2) is 6.38. The molecule has 1 aromatic heterocycles. The zero-order chi connectivity index (χ0) is 13.7. The fourth-order valence-corrected chi connectivity index (χ4v) is 1.93. The lowest BCUT2D eigenvalue weighted by Crippen LogP contribution is -2.11. The number of ether oxygens (including phenoxy) is 1. The van der Waals surface area contributed by atoms with Crippen molar-refractivity contribution in [3.63, 3.8) is 0 Å². The smallest absolute Gasteiger partial charge is 0.118 e. The monoisotopic (exact) mass is 259 g/mol. The molecule has 1 aromatic carbocycles. The van der Waals surface area contributed by atoms with Crippen LogP contribution in [-0.2, 0) is 13.0 Å². The van der Waals surface area contributed by atoms with Gasteiger partial charge in [-0.3, -0.25) is 4.68 Å². The first-order valence-corrected chi connectivity index (χ1v) is 6.55. The number of aromatic nitrogens is 2. The van der Waals surface area contributed by atoms with Crippen LogP contribution in [0, 0.1) is 0 Å². The molecule has 102 valence electrons. The number of hydrogen-bond acceptors (Lipinski definition) is 3. The molecule has 2 aromatic rings. The Balaban J connectivity index is 1.92. The van der Waals surface area contributed by atoms with E-state index in [0.29, 0.717) is 6.04 Å². The number of rotatable bonds is 6. The Bertz CT molecular complexity index is 504. The maximum absolute atomic E-state index is 5.15. The zero-order valence-corrected chi connectivity index (χ0v) is 11.8. The largest absolute Gasteiger partial charge is 0.497 e. The van der Waals surface area contributed by atoms with Crippen LogP contribution in [0.5, 0.6) is 5.75 Å². The average Bonchev–Trinajstić information content (AvgIpc) is 2.93. The molecule has 0 amide bonds. The molecule has 1 heterocycles. The summed E-state index contributed by atoms with van der Waals surface area (Å²) in [6.45, 7) is 3.02. The molecule has 0 bridgehead atoms. The summed E-state index contributed by atoms with van der Waals surface area (Å²) in [7, 11) is 3.64. The summed E-state index contributed by atoms with van der Waals surface area (Å²) in [5, 5.41) is 7.60. The fourth-order valence-electron chi connectivity index (χ4n) is 1.93. The normalized spacial score (nSPS) is 12.4. The predicted molar refractivity (Wildman–Crippen MR) is 76.4 cm³/mol. The van der Waals surface area contributed by atoms with Crippen molar-refractivity contribution in [3.8, 4) is 5.75 Å². The van der Waals surface area contributed by atoms with Gasteiger partial charge in [-0.05, 0) is 38.1 Å². The van der Waals surface area contributed by atoms with Crippen molar-refractivity contribution in [2.75, 3.05) is 14.2 Å². The van der Waals surface area contributed by atoms with E-state index in [-0.39, 0.29) is 0 Å². The molecule has 0 saturated carbocycles. The quantitative estimate of drug-likeness (QED) is 0.866. The first-order chi connectivity index (χ1) is 9.22. The Hall–Kier alpha value is -1.81. The van der Waals surface area contributed by atoms with Crippen LogP contribution in [0.3, 0.4) is 0 Å². The lowest BCUT2D eigenvalue weighted by atomic mass is 10.1. The first kappa shape index (κ1) is 13.6. The van der Waals surface area contributed by atoms with Crippen molar-refractivity contribution in [2.45, 2.75) is 25.9 Å². The lowest BCUT2D eigenvalue weighted by molar-refractivity contribution is 0.414. The third-order valence-electron chi connectivity index (χ3n) is 3.37. The van der Waals surface area contributed by atoms with Crippen molar-refractivity contribution in [1.82, 2.24) is 15.1 Å². The van der Waals surface area contributed by atoms with Gasteiger partial charge in [-0.25, -0.2) is 0 Å². The highest BCUT2D eigenvalue weighted by Gasteiger charge is 2.05. The minimum atomic E-state index is 0.342. The van der Waals surface area contributed by atoms with E-state index >= 15 is 0 Å². The van der Waals surface area contributed by atoms with E-state index in [2.05, 4.69) is 35.7 Å². The van der Waals surface area contributed by atoms with Crippen molar-refractivity contribution in [2.24, 2.45) is 0 Å². The Morgan fingerprint density at radius 3 is 2.68 bits per heavy atom. The van der Waals surface area contributed by atoms with Crippen molar-refractivity contribution in [3.05, 3.63) is 47.8 Å². The molecule has 0 aliphatic rings. The van der Waals surface area contributed by atoms with E-state index in [9.17, 15) is 0 Å². The third kappa shape index (κ3) is 3.58. The summed E-state index contributed by atoms with van der Waals surface area (Å²) in [5.41, 5.74) is 2.51. The highest BCUT2D eigenvalue weighted by molar-refractivity contribution is 5.27. The van der Waals surface area contributed by atoms with E-state index < -0.39 is 0 Å². The molecule has 0 aliphatic carbocycles. The van der Waals surface area contributed by atoms with Gasteiger partial charge in [0, 0.05) is 24.3 Å². The van der Waals surface area contributed by atoms with Crippen LogP contribution < -0.4 is 10.1 Å². The van der Waals surface area contributed by atoms with Gasteiger partial charge in [0.1, 0.15) is 5.75 Å². The molecule has 1 N–H and O–H groups in total. The average molecular weight is 259 g/mol. The van der Waals surface area contributed by atoms with Crippen molar-refractivity contribution >= 4 is 0 Å². The van der Waals surface area contributed by atoms with Gasteiger partial charge < -0.3 is 10.1 Å². The van der Waals surface area contributed by atoms with Crippen LogP contribution in [0.2, 0.25) is 0 Å². The van der Waals surface area contributed by atoms with E-state index in [4.69, 9.17) is 4.74 Å². The maximum atomic E-state index is 5.15. The van der Waals surface area contributed by atoms with Crippen LogP contribution in [0.4, 0.5) is 0 Å². The highest BCUT2D eigenvalue weighted by Crippen LogP contribution is 2.13. The molecule has 2 rings (SSSR count). The molecule has 1 atom stereocenters. The van der Waals surface area contributed by atoms with Crippen LogP contribution in [0.1, 0.15) is 24.1 Å². The topological polar surface area (TPSA) is 39.1 Å². The molecular weight excluding hydrogens is 238 g/mol. The van der Waals surface area contributed by atoms with Gasteiger partial charge in [0.15, 0.2) is 0 Å². The Morgan fingerprint density at radius 1 is 1.32 bits per heavy atom. The van der Waals surface area contributed by atoms with Crippen LogP contribution in [0.25, 0.3) is 0 Å². The van der Waals surface area contributed by atoms with Gasteiger partial charge >= 0.3 is 0 Å². The molecule has 0 radical (unpaired) electrons. The SMILES string of the molecule is CNC(C)c1cnn(CCc2ccc(OC)cc2)c1. The van der Waals surface area contributed by atoms with Crippen LogP contribution >= 0.6 is 0 Å².